The lowest BCUT2D eigenvalue weighted by molar-refractivity contribution is 0.108. The summed E-state index contributed by atoms with van der Waals surface area (Å²) in [6, 6.07) is 155. The molecule has 0 aliphatic carbocycles. The fourth-order valence-corrected chi connectivity index (χ4v) is 20.3. The van der Waals surface area contributed by atoms with Crippen molar-refractivity contribution >= 4 is 97.0 Å². The molecule has 0 aromatic heterocycles. The van der Waals surface area contributed by atoms with Crippen LogP contribution in [0.4, 0.5) is 71.7 Å². The third-order valence-corrected chi connectivity index (χ3v) is 25.7. The minimum atomic E-state index is -0.399. The second-order valence-corrected chi connectivity index (χ2v) is 33.3. The Morgan fingerprint density at radius 3 is 0.347 bits per heavy atom. The van der Waals surface area contributed by atoms with Crippen LogP contribution in [-0.2, 0) is 0 Å². The minimum absolute atomic E-state index is 0.274. The van der Waals surface area contributed by atoms with E-state index in [-0.39, 0.29) is 23.3 Å². The van der Waals surface area contributed by atoms with Crippen LogP contribution in [0.3, 0.4) is 0 Å². The summed E-state index contributed by atoms with van der Waals surface area (Å²) in [5.41, 5.74) is 24.7. The Morgan fingerprint density at radius 2 is 0.208 bits per heavy atom. The van der Waals surface area contributed by atoms with Gasteiger partial charge in [0, 0.05) is 36.6 Å². The second-order valence-electron chi connectivity index (χ2n) is 33.3. The van der Waals surface area contributed by atoms with E-state index in [1.54, 1.807) is 36.4 Å². The average molecular weight is 1930 g/mol. The molecule has 0 spiro atoms. The largest absolute Gasteiger partial charge is 0.255 e. The lowest BCUT2D eigenvalue weighted by Crippen LogP contribution is -1.98. The number of benzene rings is 24. The average Bonchev–Trinajstić information content (AvgIpc) is 0.698. The van der Waals surface area contributed by atoms with Crippen LogP contribution < -0.4 is 0 Å². The molecular formula is C128H84F16. The Bertz CT molecular complexity index is 7890. The SMILES string of the molecule is CF.CF.FF.FF.FF.FF.Fc1ccc(-c2c3ccc(F)cc3c(-c3ccccc3)c3c(-c4ccc(F)cc4)c4ccc(F)cc4c(-c4ccccc4)c23)cc1.Fc1ccc(-c2c3ccccc3c(-c3ccccc3)c3c(-c4ccc(F)cc4)c4ccccc4c(-c4ccccc4)c23)cc1.c1ccc(-c2c3ccccc3c(-c3ccccc3)c3c(-c4ccccc4)c4ccccc4c(-c4ccccc4)c23)cc1. The highest BCUT2D eigenvalue weighted by molar-refractivity contribution is 6.38. The van der Waals surface area contributed by atoms with Gasteiger partial charge in [-0.15, -0.1) is 0 Å². The van der Waals surface area contributed by atoms with Crippen molar-refractivity contribution in [2.75, 3.05) is 14.4 Å². The molecule has 0 radical (unpaired) electrons. The summed E-state index contributed by atoms with van der Waals surface area (Å²) in [7, 11) is 1.00. The number of alkyl halides is 2. The first kappa shape index (κ1) is 99.5. The van der Waals surface area contributed by atoms with Gasteiger partial charge in [0.1, 0.15) is 34.9 Å². The topological polar surface area (TPSA) is 0 Å². The van der Waals surface area contributed by atoms with Crippen molar-refractivity contribution in [3.8, 4) is 134 Å². The van der Waals surface area contributed by atoms with Crippen LogP contribution in [0.1, 0.15) is 0 Å². The molecule has 0 bridgehead atoms. The van der Waals surface area contributed by atoms with Gasteiger partial charge in [-0.1, -0.05) is 400 Å². The molecule has 0 unspecified atom stereocenters. The fourth-order valence-electron chi connectivity index (χ4n) is 20.3. The molecule has 0 saturated heterocycles. The maximum absolute atomic E-state index is 15.3. The molecule has 0 amide bonds. The van der Waals surface area contributed by atoms with Gasteiger partial charge in [-0.25, -0.2) is 26.3 Å². The van der Waals surface area contributed by atoms with Gasteiger partial charge in [-0.05, 0) is 303 Å². The molecule has 0 fully saturated rings. The predicted octanol–water partition coefficient (Wildman–Crippen LogP) is 40.8. The van der Waals surface area contributed by atoms with Crippen molar-refractivity contribution < 1.29 is 71.7 Å². The zero-order valence-electron chi connectivity index (χ0n) is 77.1. The zero-order valence-corrected chi connectivity index (χ0v) is 77.1. The van der Waals surface area contributed by atoms with Gasteiger partial charge in [0.2, 0.25) is 0 Å². The first-order valence-corrected chi connectivity index (χ1v) is 45.6. The number of fused-ring (bicyclic) bond motifs is 9. The highest BCUT2D eigenvalue weighted by Gasteiger charge is 2.31. The maximum atomic E-state index is 15.3. The monoisotopic (exact) mass is 1920 g/mol. The Labute approximate surface area is 819 Å². The highest BCUT2D eigenvalue weighted by atomic mass is 20.0. The van der Waals surface area contributed by atoms with Crippen LogP contribution in [0.2, 0.25) is 0 Å². The van der Waals surface area contributed by atoms with Gasteiger partial charge in [-0.3, -0.25) is 8.78 Å². The fraction of sp³-hybridized carbons (Fsp3) is 0.0156. The Hall–Kier alpha value is -17.5. The van der Waals surface area contributed by atoms with Crippen LogP contribution in [-0.4, -0.2) is 14.4 Å². The molecule has 16 heteroatoms. The van der Waals surface area contributed by atoms with E-state index in [4.69, 9.17) is 36.6 Å². The minimum Gasteiger partial charge on any atom is -0.255 e. The molecule has 0 N–H and O–H groups in total. The van der Waals surface area contributed by atoms with Gasteiger partial charge >= 0.3 is 0 Å². The molecule has 144 heavy (non-hydrogen) atoms. The Kier molecular flexibility index (Phi) is 32.1. The first-order valence-electron chi connectivity index (χ1n) is 45.6. The van der Waals surface area contributed by atoms with Crippen molar-refractivity contribution in [3.63, 3.8) is 0 Å². The molecule has 708 valence electrons. The summed E-state index contributed by atoms with van der Waals surface area (Å²) in [5, 5.41) is 18.6. The molecule has 0 saturated carbocycles. The van der Waals surface area contributed by atoms with Gasteiger partial charge in [0.15, 0.2) is 0 Å². The van der Waals surface area contributed by atoms with E-state index in [1.807, 2.05) is 97.1 Å². The van der Waals surface area contributed by atoms with Crippen molar-refractivity contribution in [2.45, 2.75) is 0 Å². The van der Waals surface area contributed by atoms with Crippen LogP contribution >= 0.6 is 0 Å². The van der Waals surface area contributed by atoms with E-state index in [0.29, 0.717) is 25.1 Å². The van der Waals surface area contributed by atoms with Gasteiger partial charge in [0.05, 0.1) is 14.4 Å². The summed E-state index contributed by atoms with van der Waals surface area (Å²) >= 11 is 0. The van der Waals surface area contributed by atoms with Crippen molar-refractivity contribution in [2.24, 2.45) is 0 Å². The first-order chi connectivity index (χ1) is 71.1. The molecule has 24 aromatic carbocycles. The van der Waals surface area contributed by atoms with Crippen molar-refractivity contribution in [1.29, 1.82) is 0 Å². The quantitative estimate of drug-likeness (QED) is 0.0845. The van der Waals surface area contributed by atoms with Gasteiger partial charge in [-0.2, -0.15) is 0 Å². The highest BCUT2D eigenvalue weighted by Crippen LogP contribution is 2.59. The second kappa shape index (κ2) is 46.5. The number of rotatable bonds is 12. The van der Waals surface area contributed by atoms with E-state index >= 15 is 8.78 Å². The van der Waals surface area contributed by atoms with E-state index in [0.717, 1.165) is 143 Å². The van der Waals surface area contributed by atoms with Gasteiger partial charge < -0.3 is 0 Å². The van der Waals surface area contributed by atoms with Crippen LogP contribution in [0.15, 0.2) is 473 Å². The molecule has 0 atom stereocenters. The van der Waals surface area contributed by atoms with Crippen molar-refractivity contribution in [1.82, 2.24) is 0 Å². The third kappa shape index (κ3) is 19.4. The van der Waals surface area contributed by atoms with Crippen molar-refractivity contribution in [3.05, 3.63) is 508 Å². The standard InChI is InChI=1S/C42H24F4.C42H26F2.C42H28.2CH3F.4F2/c43-29-15-11-27(12-16-29)37-34-22-20-32(46)24-36(34)40(26-9-5-2-6-10-26)42-38(28-13-17-30(44)18-14-28)33-21-19-31(45)23-35(33)39(41(37)42)25-7-3-1-4-8-25;43-31-23-19-29(20-24-31)39-36-18-10-8-16-34(36)38(28-13-5-2-6-14-28)42-40(30-21-25-32(44)26-22-30)35-17-9-7-15-33(35)37(41(39)42)27-11-3-1-4-12-27;1-5-17-29(18-6-1)37-33-25-13-14-26-34(33)39(31-21-9-3-10-22-31)42-40(32-23-11-4-12-24-32)36-28-16-15-27-35(36)38(41(37)42)30-19-7-2-8-20-30;6*1-2/h1-24H;1-26H;1-28H;2*1H3;;;;. The summed E-state index contributed by atoms with van der Waals surface area (Å²) in [4.78, 5) is 0. The molecule has 0 aliphatic rings. The Balaban J connectivity index is 0.000000147. The zero-order chi connectivity index (χ0) is 101. The maximum Gasteiger partial charge on any atom is 0.123 e. The molecular weight excluding hydrogens is 1840 g/mol. The van der Waals surface area contributed by atoms with Crippen LogP contribution in [0, 0.1) is 34.9 Å². The van der Waals surface area contributed by atoms with E-state index in [2.05, 4.69) is 267 Å². The summed E-state index contributed by atoms with van der Waals surface area (Å²) < 4.78 is 171. The van der Waals surface area contributed by atoms with E-state index < -0.39 is 11.6 Å². The molecule has 0 heterocycles. The smallest absolute Gasteiger partial charge is 0.123 e. The van der Waals surface area contributed by atoms with Gasteiger partial charge in [0.25, 0.3) is 0 Å². The number of hydrogen-bond donors (Lipinski definition) is 0. The third-order valence-electron chi connectivity index (χ3n) is 25.7. The van der Waals surface area contributed by atoms with Crippen LogP contribution in [0.5, 0.6) is 0 Å². The Morgan fingerprint density at radius 1 is 0.104 bits per heavy atom. The van der Waals surface area contributed by atoms with E-state index in [1.165, 1.54) is 150 Å². The van der Waals surface area contributed by atoms with E-state index in [9.17, 15) is 26.3 Å². The number of hydrogen-bond acceptors (Lipinski definition) is 0. The molecule has 24 rings (SSSR count). The molecule has 0 aliphatic heterocycles. The molecule has 24 aromatic rings. The lowest BCUT2D eigenvalue weighted by Gasteiger charge is -2.25. The number of halogens is 16. The molecule has 0 nitrogen and oxygen atoms in total. The summed E-state index contributed by atoms with van der Waals surface area (Å²) in [5.74, 6) is -2.11. The summed E-state index contributed by atoms with van der Waals surface area (Å²) in [6.45, 7) is 0. The normalized spacial score (nSPS) is 10.7. The van der Waals surface area contributed by atoms with Crippen LogP contribution in [0.25, 0.3) is 230 Å². The lowest BCUT2D eigenvalue weighted by atomic mass is 9.77. The summed E-state index contributed by atoms with van der Waals surface area (Å²) in [6.07, 6.45) is 0. The predicted molar refractivity (Wildman–Crippen MR) is 565 cm³/mol.